The van der Waals surface area contributed by atoms with Crippen LogP contribution in [0.25, 0.3) is 0 Å². The lowest BCUT2D eigenvalue weighted by atomic mass is 10.1. The summed E-state index contributed by atoms with van der Waals surface area (Å²) in [5.74, 6) is -1.03. The molecule has 2 amide bonds. The summed E-state index contributed by atoms with van der Waals surface area (Å²) >= 11 is 0. The molecular formula is C21H27N3O4S. The molecule has 0 aliphatic heterocycles. The lowest BCUT2D eigenvalue weighted by Crippen LogP contribution is -2.42. The van der Waals surface area contributed by atoms with E-state index in [0.29, 0.717) is 11.4 Å². The van der Waals surface area contributed by atoms with Gasteiger partial charge in [-0.3, -0.25) is 9.59 Å². The molecule has 156 valence electrons. The maximum Gasteiger partial charge on any atom is 0.239 e. The summed E-state index contributed by atoms with van der Waals surface area (Å²) in [5.41, 5.74) is 5.09. The Morgan fingerprint density at radius 3 is 1.31 bits per heavy atom. The van der Waals surface area contributed by atoms with E-state index in [9.17, 15) is 18.0 Å². The van der Waals surface area contributed by atoms with Gasteiger partial charge in [-0.1, -0.05) is 12.1 Å². The zero-order valence-electron chi connectivity index (χ0n) is 17.4. The van der Waals surface area contributed by atoms with Crippen molar-refractivity contribution in [2.45, 2.75) is 27.7 Å². The molecule has 2 N–H and O–H groups in total. The second-order valence-electron chi connectivity index (χ2n) is 7.38. The number of carbonyl (C=O) groups excluding carboxylic acids is 2. The van der Waals surface area contributed by atoms with E-state index < -0.39 is 34.9 Å². The first-order chi connectivity index (χ1) is 13.4. The standard InChI is InChI=1S/C21H27N3O4S/c1-14-6-15(2)9-18(8-14)22-20(25)12-24(29(5,27)28)13-21(26)23-19-10-16(3)7-17(4)11-19/h6-11H,12-13H2,1-5H3,(H,22,25)(H,23,26). The van der Waals surface area contributed by atoms with Crippen LogP contribution in [0.4, 0.5) is 11.4 Å². The number of anilines is 2. The molecule has 0 saturated heterocycles. The van der Waals surface area contributed by atoms with Crippen molar-refractivity contribution in [1.82, 2.24) is 4.31 Å². The maximum atomic E-state index is 12.4. The van der Waals surface area contributed by atoms with Gasteiger partial charge in [-0.25, -0.2) is 8.42 Å². The second kappa shape index (κ2) is 9.19. The van der Waals surface area contributed by atoms with Gasteiger partial charge in [0, 0.05) is 11.4 Å². The Morgan fingerprint density at radius 2 is 1.03 bits per heavy atom. The molecule has 0 aliphatic rings. The molecule has 0 bridgehead atoms. The van der Waals surface area contributed by atoms with Crippen molar-refractivity contribution in [2.24, 2.45) is 0 Å². The number of sulfonamides is 1. The van der Waals surface area contributed by atoms with Crippen molar-refractivity contribution in [3.63, 3.8) is 0 Å². The van der Waals surface area contributed by atoms with Crippen LogP contribution in [-0.2, 0) is 19.6 Å². The second-order valence-corrected chi connectivity index (χ2v) is 9.36. The number of nitrogens with zero attached hydrogens (tertiary/aromatic N) is 1. The van der Waals surface area contributed by atoms with Gasteiger partial charge in [-0.2, -0.15) is 4.31 Å². The number of hydrogen-bond acceptors (Lipinski definition) is 4. The normalized spacial score (nSPS) is 11.4. The molecule has 7 nitrogen and oxygen atoms in total. The van der Waals surface area contributed by atoms with E-state index in [1.807, 2.05) is 39.8 Å². The van der Waals surface area contributed by atoms with Crippen LogP contribution >= 0.6 is 0 Å². The summed E-state index contributed by atoms with van der Waals surface area (Å²) in [5, 5.41) is 5.37. The van der Waals surface area contributed by atoms with Crippen molar-refractivity contribution >= 4 is 33.2 Å². The number of aryl methyl sites for hydroxylation is 4. The highest BCUT2D eigenvalue weighted by molar-refractivity contribution is 7.88. The van der Waals surface area contributed by atoms with Gasteiger partial charge in [0.25, 0.3) is 0 Å². The van der Waals surface area contributed by atoms with Crippen LogP contribution in [0, 0.1) is 27.7 Å². The molecule has 29 heavy (non-hydrogen) atoms. The number of benzene rings is 2. The molecule has 2 rings (SSSR count). The van der Waals surface area contributed by atoms with Gasteiger partial charge in [0.1, 0.15) is 0 Å². The highest BCUT2D eigenvalue weighted by Gasteiger charge is 2.23. The van der Waals surface area contributed by atoms with Gasteiger partial charge in [0.15, 0.2) is 0 Å². The Bertz CT molecular complexity index is 924. The quantitative estimate of drug-likeness (QED) is 0.724. The van der Waals surface area contributed by atoms with Crippen molar-refractivity contribution in [2.75, 3.05) is 30.0 Å². The van der Waals surface area contributed by atoms with Crippen LogP contribution in [0.3, 0.4) is 0 Å². The van der Waals surface area contributed by atoms with Crippen LogP contribution in [0.2, 0.25) is 0 Å². The lowest BCUT2D eigenvalue weighted by Gasteiger charge is -2.19. The van der Waals surface area contributed by atoms with Crippen LogP contribution in [-0.4, -0.2) is 43.9 Å². The predicted octanol–water partition coefficient (Wildman–Crippen LogP) is 2.76. The molecule has 8 heteroatoms. The largest absolute Gasteiger partial charge is 0.325 e. The third-order valence-electron chi connectivity index (χ3n) is 4.12. The Morgan fingerprint density at radius 1 is 0.724 bits per heavy atom. The fourth-order valence-electron chi connectivity index (χ4n) is 3.11. The van der Waals surface area contributed by atoms with E-state index >= 15 is 0 Å². The fraction of sp³-hybridized carbons (Fsp3) is 0.333. The molecule has 0 aromatic heterocycles. The molecule has 0 saturated carbocycles. The monoisotopic (exact) mass is 417 g/mol. The molecular weight excluding hydrogens is 390 g/mol. The predicted molar refractivity (Wildman–Crippen MR) is 116 cm³/mol. The topological polar surface area (TPSA) is 95.6 Å². The van der Waals surface area contributed by atoms with E-state index in [2.05, 4.69) is 10.6 Å². The van der Waals surface area contributed by atoms with Gasteiger partial charge >= 0.3 is 0 Å². The smallest absolute Gasteiger partial charge is 0.239 e. The van der Waals surface area contributed by atoms with E-state index in [4.69, 9.17) is 0 Å². The van der Waals surface area contributed by atoms with Crippen LogP contribution < -0.4 is 10.6 Å². The molecule has 2 aromatic carbocycles. The Labute approximate surface area is 172 Å². The Balaban J connectivity index is 2.07. The van der Waals surface area contributed by atoms with E-state index in [1.165, 1.54) is 0 Å². The minimum atomic E-state index is -3.76. The molecule has 0 spiro atoms. The summed E-state index contributed by atoms with van der Waals surface area (Å²) in [7, 11) is -3.76. The van der Waals surface area contributed by atoms with E-state index in [1.54, 1.807) is 24.3 Å². The zero-order valence-corrected chi connectivity index (χ0v) is 18.2. The molecule has 0 heterocycles. The van der Waals surface area contributed by atoms with E-state index in [-0.39, 0.29) is 0 Å². The lowest BCUT2D eigenvalue weighted by molar-refractivity contribution is -0.118. The van der Waals surface area contributed by atoms with Crippen molar-refractivity contribution in [1.29, 1.82) is 0 Å². The van der Waals surface area contributed by atoms with Crippen molar-refractivity contribution in [3.8, 4) is 0 Å². The van der Waals surface area contributed by atoms with Crippen LogP contribution in [0.1, 0.15) is 22.3 Å². The molecule has 0 atom stereocenters. The summed E-state index contributed by atoms with van der Waals surface area (Å²) in [6.45, 7) is 6.72. The van der Waals surface area contributed by atoms with Crippen molar-refractivity contribution < 1.29 is 18.0 Å². The van der Waals surface area contributed by atoms with Crippen LogP contribution in [0.15, 0.2) is 36.4 Å². The van der Waals surface area contributed by atoms with Crippen molar-refractivity contribution in [3.05, 3.63) is 58.7 Å². The first-order valence-corrected chi connectivity index (χ1v) is 11.0. The summed E-state index contributed by atoms with van der Waals surface area (Å²) in [6, 6.07) is 11.1. The first kappa shape index (κ1) is 22.6. The van der Waals surface area contributed by atoms with Gasteiger partial charge in [-0.05, 0) is 74.2 Å². The minimum absolute atomic E-state index is 0.452. The highest BCUT2D eigenvalue weighted by atomic mass is 32.2. The third-order valence-corrected chi connectivity index (χ3v) is 5.32. The minimum Gasteiger partial charge on any atom is -0.325 e. The number of carbonyl (C=O) groups is 2. The molecule has 2 aromatic rings. The van der Waals surface area contributed by atoms with Gasteiger partial charge < -0.3 is 10.6 Å². The number of nitrogens with one attached hydrogen (secondary N) is 2. The average Bonchev–Trinajstić information content (AvgIpc) is 2.50. The Kier molecular flexibility index (Phi) is 7.16. The average molecular weight is 418 g/mol. The number of amides is 2. The Hall–Kier alpha value is -2.71. The number of rotatable bonds is 7. The van der Waals surface area contributed by atoms with E-state index in [0.717, 1.165) is 32.8 Å². The molecule has 0 radical (unpaired) electrons. The summed E-state index contributed by atoms with van der Waals surface area (Å²) in [4.78, 5) is 24.7. The fourth-order valence-corrected chi connectivity index (χ4v) is 3.81. The maximum absolute atomic E-state index is 12.4. The number of hydrogen-bond donors (Lipinski definition) is 2. The summed E-state index contributed by atoms with van der Waals surface area (Å²) in [6.07, 6.45) is 0.973. The third kappa shape index (κ3) is 7.32. The van der Waals surface area contributed by atoms with Gasteiger partial charge in [0.2, 0.25) is 21.8 Å². The molecule has 0 fully saturated rings. The molecule has 0 unspecified atom stereocenters. The SMILES string of the molecule is Cc1cc(C)cc(NC(=O)CN(CC(=O)Nc2cc(C)cc(C)c2)S(C)(=O)=O)c1. The summed E-state index contributed by atoms with van der Waals surface area (Å²) < 4.78 is 25.0. The molecule has 0 aliphatic carbocycles. The van der Waals surface area contributed by atoms with Gasteiger partial charge in [0.05, 0.1) is 19.3 Å². The zero-order chi connectivity index (χ0) is 21.8. The van der Waals surface area contributed by atoms with Gasteiger partial charge in [-0.15, -0.1) is 0 Å². The first-order valence-electron chi connectivity index (χ1n) is 9.14. The van der Waals surface area contributed by atoms with Crippen LogP contribution in [0.5, 0.6) is 0 Å². The highest BCUT2D eigenvalue weighted by Crippen LogP contribution is 2.15.